The van der Waals surface area contributed by atoms with Crippen LogP contribution in [-0.2, 0) is 30.3 Å². The van der Waals surface area contributed by atoms with Gasteiger partial charge in [0.25, 0.3) is 0 Å². The van der Waals surface area contributed by atoms with E-state index in [0.717, 1.165) is 16.2 Å². The number of amides is 4. The van der Waals surface area contributed by atoms with Gasteiger partial charge in [-0.3, -0.25) is 14.4 Å². The predicted molar refractivity (Wildman–Crippen MR) is 132 cm³/mol. The number of nitrogens with zero attached hydrogens (tertiary/aromatic N) is 2. The lowest BCUT2D eigenvalue weighted by Crippen LogP contribution is -2.56. The van der Waals surface area contributed by atoms with Gasteiger partial charge in [0, 0.05) is 19.4 Å². The molecule has 4 amide bonds. The van der Waals surface area contributed by atoms with E-state index in [1.165, 1.54) is 11.9 Å². The molecule has 0 spiro atoms. The molecule has 5 atom stereocenters. The summed E-state index contributed by atoms with van der Waals surface area (Å²) in [7, 11) is 1.44. The Kier molecular flexibility index (Phi) is 7.63. The molecule has 11 heteroatoms. The Hall–Kier alpha value is -3.34. The van der Waals surface area contributed by atoms with Gasteiger partial charge in [0.15, 0.2) is 0 Å². The summed E-state index contributed by atoms with van der Waals surface area (Å²) in [6.07, 6.45) is 0.141. The molecule has 3 aliphatic heterocycles. The van der Waals surface area contributed by atoms with Crippen LogP contribution < -0.4 is 15.8 Å². The van der Waals surface area contributed by atoms with Gasteiger partial charge in [-0.2, -0.15) is 0 Å². The van der Waals surface area contributed by atoms with Gasteiger partial charge in [-0.25, -0.2) is 4.79 Å². The fourth-order valence-electron chi connectivity index (χ4n) is 5.33. The quantitative estimate of drug-likeness (QED) is 0.596. The van der Waals surface area contributed by atoms with Gasteiger partial charge in [0.2, 0.25) is 17.7 Å². The molecule has 0 radical (unpaired) electrons. The second-order valence-electron chi connectivity index (χ2n) is 10.9. The van der Waals surface area contributed by atoms with Crippen molar-refractivity contribution in [3.63, 3.8) is 0 Å². The van der Waals surface area contributed by atoms with Crippen LogP contribution in [0.1, 0.15) is 39.2 Å². The lowest BCUT2D eigenvalue weighted by molar-refractivity contribution is -0.148. The number of nitrogens with one attached hydrogen (secondary N) is 1. The maximum Gasteiger partial charge on any atom is 0.410 e. The fourth-order valence-corrected chi connectivity index (χ4v) is 5.33. The Morgan fingerprint density at radius 1 is 1.24 bits per heavy atom. The van der Waals surface area contributed by atoms with Crippen molar-refractivity contribution in [2.45, 2.75) is 63.9 Å². The number of hydrogen-bond acceptors (Lipinski definition) is 7. The second-order valence-corrected chi connectivity index (χ2v) is 10.9. The van der Waals surface area contributed by atoms with Crippen LogP contribution >= 0.6 is 0 Å². The van der Waals surface area contributed by atoms with Gasteiger partial charge in [-0.05, 0) is 51.2 Å². The largest absolute Gasteiger partial charge is 0.493 e. The summed E-state index contributed by atoms with van der Waals surface area (Å²) in [5, 5.41) is 2.70. The molecule has 0 aliphatic carbocycles. The Morgan fingerprint density at radius 2 is 1.97 bits per heavy atom. The van der Waals surface area contributed by atoms with Crippen LogP contribution in [0.4, 0.5) is 4.79 Å². The molecule has 0 bridgehead atoms. The van der Waals surface area contributed by atoms with Crippen molar-refractivity contribution in [1.82, 2.24) is 15.1 Å². The van der Waals surface area contributed by atoms with Crippen LogP contribution in [0.25, 0.3) is 0 Å². The summed E-state index contributed by atoms with van der Waals surface area (Å²) < 4.78 is 17.2. The molecule has 4 rings (SSSR count). The van der Waals surface area contributed by atoms with Gasteiger partial charge in [-0.1, -0.05) is 18.2 Å². The van der Waals surface area contributed by atoms with Crippen LogP contribution in [0.3, 0.4) is 0 Å². The molecule has 3 aliphatic rings. The topological polar surface area (TPSA) is 140 Å². The second kappa shape index (κ2) is 10.6. The van der Waals surface area contributed by atoms with Crippen LogP contribution in [0, 0.1) is 11.8 Å². The number of rotatable bonds is 5. The molecule has 3 N–H and O–H groups in total. The van der Waals surface area contributed by atoms with Crippen molar-refractivity contribution in [3.8, 4) is 5.75 Å². The van der Waals surface area contributed by atoms with Crippen molar-refractivity contribution in [1.29, 1.82) is 0 Å². The summed E-state index contributed by atoms with van der Waals surface area (Å²) in [4.78, 5) is 53.7. The van der Waals surface area contributed by atoms with E-state index in [4.69, 9.17) is 19.9 Å². The average Bonchev–Trinajstić information content (AvgIpc) is 3.14. The number of ether oxygens (including phenoxy) is 3. The van der Waals surface area contributed by atoms with E-state index in [1.807, 2.05) is 24.3 Å². The zero-order chi connectivity index (χ0) is 26.9. The minimum Gasteiger partial charge on any atom is -0.493 e. The number of hydrogen-bond donors (Lipinski definition) is 2. The predicted octanol–water partition coefficient (Wildman–Crippen LogP) is 1.04. The van der Waals surface area contributed by atoms with Crippen molar-refractivity contribution >= 4 is 23.8 Å². The smallest absolute Gasteiger partial charge is 0.410 e. The fraction of sp³-hybridized carbons (Fsp3) is 0.615. The first-order valence-electron chi connectivity index (χ1n) is 12.6. The lowest BCUT2D eigenvalue weighted by atomic mass is 9.80. The summed E-state index contributed by atoms with van der Waals surface area (Å²) in [5.41, 5.74) is 6.18. The average molecular weight is 517 g/mol. The number of carbonyl (C=O) groups excluding carboxylic acids is 4. The van der Waals surface area contributed by atoms with E-state index in [2.05, 4.69) is 5.32 Å². The van der Waals surface area contributed by atoms with E-state index in [-0.39, 0.29) is 31.4 Å². The summed E-state index contributed by atoms with van der Waals surface area (Å²) in [6.45, 7) is 5.55. The standard InChI is InChI=1S/C26H36N4O7/c1-26(2,3)37-25(34)29(4)13-20(31)28-18-9-10-35-21-12-17(22(23(27)32)30(21)24(18)33)16-11-15-7-5-6-8-19(15)36-14-16/h5-8,16-18,21-22H,9-14H2,1-4H3,(H2,27,32)(H,28,31)/t16?,17?,18-,21-,22-/m0/s1. The zero-order valence-electron chi connectivity index (χ0n) is 21.8. The van der Waals surface area contributed by atoms with Crippen LogP contribution in [0.15, 0.2) is 24.3 Å². The maximum atomic E-state index is 13.6. The summed E-state index contributed by atoms with van der Waals surface area (Å²) in [5.74, 6) is -0.986. The molecule has 11 nitrogen and oxygen atoms in total. The van der Waals surface area contributed by atoms with Gasteiger partial charge in [0.05, 0.1) is 13.2 Å². The lowest BCUT2D eigenvalue weighted by Gasteiger charge is -2.34. The molecule has 1 aromatic rings. The zero-order valence-corrected chi connectivity index (χ0v) is 21.8. The third-order valence-electron chi connectivity index (χ3n) is 6.98. The number of benzene rings is 1. The summed E-state index contributed by atoms with van der Waals surface area (Å²) in [6, 6.07) is 5.98. The SMILES string of the molecule is CN(CC(=O)N[C@H]1CCO[C@H]2CC(C3COc4ccccc4C3)[C@@H](C(N)=O)N2C1=O)C(=O)OC(C)(C)C. The minimum atomic E-state index is -0.909. The Bertz CT molecular complexity index is 1060. The van der Waals surface area contributed by atoms with E-state index >= 15 is 0 Å². The molecule has 2 fully saturated rings. The Labute approximate surface area is 216 Å². The van der Waals surface area contributed by atoms with E-state index < -0.39 is 47.7 Å². The Balaban J connectivity index is 1.44. The molecule has 1 aromatic carbocycles. The molecule has 37 heavy (non-hydrogen) atoms. The number of nitrogens with two attached hydrogens (primary N) is 1. The molecular weight excluding hydrogens is 480 g/mol. The molecular formula is C26H36N4O7. The highest BCUT2D eigenvalue weighted by molar-refractivity contribution is 5.93. The van der Waals surface area contributed by atoms with Crippen LogP contribution in [0.5, 0.6) is 5.75 Å². The van der Waals surface area contributed by atoms with Gasteiger partial charge in [0.1, 0.15) is 36.2 Å². The Morgan fingerprint density at radius 3 is 2.68 bits per heavy atom. The highest BCUT2D eigenvalue weighted by Crippen LogP contribution is 2.41. The van der Waals surface area contributed by atoms with Crippen molar-refractivity contribution in [2.24, 2.45) is 17.6 Å². The monoisotopic (exact) mass is 516 g/mol. The van der Waals surface area contributed by atoms with Crippen LogP contribution in [0.2, 0.25) is 0 Å². The molecule has 3 heterocycles. The molecule has 2 unspecified atom stereocenters. The molecule has 0 aromatic heterocycles. The summed E-state index contributed by atoms with van der Waals surface area (Å²) >= 11 is 0. The van der Waals surface area contributed by atoms with Gasteiger partial charge >= 0.3 is 6.09 Å². The number of fused-ring (bicyclic) bond motifs is 2. The number of carbonyl (C=O) groups is 4. The maximum absolute atomic E-state index is 13.6. The molecule has 202 valence electrons. The number of para-hydroxylation sites is 1. The number of primary amides is 1. The number of likely N-dealkylation sites (N-methyl/N-ethyl adjacent to an activating group) is 1. The molecule has 2 saturated heterocycles. The highest BCUT2D eigenvalue weighted by Gasteiger charge is 2.53. The minimum absolute atomic E-state index is 0.0220. The first-order valence-corrected chi connectivity index (χ1v) is 12.6. The van der Waals surface area contributed by atoms with E-state index in [1.54, 1.807) is 20.8 Å². The van der Waals surface area contributed by atoms with Gasteiger partial charge in [-0.15, -0.1) is 0 Å². The third-order valence-corrected chi connectivity index (χ3v) is 6.98. The normalized spacial score (nSPS) is 27.3. The molecule has 0 saturated carbocycles. The van der Waals surface area contributed by atoms with Crippen LogP contribution in [-0.4, -0.2) is 84.3 Å². The van der Waals surface area contributed by atoms with E-state index in [9.17, 15) is 19.2 Å². The highest BCUT2D eigenvalue weighted by atomic mass is 16.6. The van der Waals surface area contributed by atoms with E-state index in [0.29, 0.717) is 19.4 Å². The van der Waals surface area contributed by atoms with Gasteiger partial charge < -0.3 is 35.1 Å². The van der Waals surface area contributed by atoms with Crippen molar-refractivity contribution < 1.29 is 33.4 Å². The van der Waals surface area contributed by atoms with Crippen molar-refractivity contribution in [3.05, 3.63) is 29.8 Å². The first kappa shape index (κ1) is 26.7. The third kappa shape index (κ3) is 5.98. The first-order chi connectivity index (χ1) is 17.4. The van der Waals surface area contributed by atoms with Crippen molar-refractivity contribution in [2.75, 3.05) is 26.8 Å².